The van der Waals surface area contributed by atoms with E-state index < -0.39 is 23.8 Å². The van der Waals surface area contributed by atoms with Gasteiger partial charge in [0, 0.05) is 43.1 Å². The molecule has 532 valence electrons. The third kappa shape index (κ3) is 14.0. The molecule has 10 heteroatoms. The summed E-state index contributed by atoms with van der Waals surface area (Å²) in [5.74, 6) is -0.159. The van der Waals surface area contributed by atoms with Crippen molar-refractivity contribution in [2.75, 3.05) is 4.90 Å². The number of anilines is 1. The van der Waals surface area contributed by atoms with Crippen LogP contribution in [0, 0.1) is 21.7 Å². The lowest BCUT2D eigenvalue weighted by atomic mass is 9.72. The highest BCUT2D eigenvalue weighted by molar-refractivity contribution is 6.46. The summed E-state index contributed by atoms with van der Waals surface area (Å²) in [6.07, 6.45) is 3.67. The molecule has 0 aliphatic carbocycles. The zero-order valence-electron chi connectivity index (χ0n) is 64.9. The third-order valence-corrected chi connectivity index (χ3v) is 20.6. The van der Waals surface area contributed by atoms with Crippen LogP contribution in [0.25, 0.3) is 43.1 Å². The van der Waals surface area contributed by atoms with Gasteiger partial charge in [-0.05, 0) is 187 Å². The van der Waals surface area contributed by atoms with E-state index in [4.69, 9.17) is 23.7 Å². The van der Waals surface area contributed by atoms with E-state index in [1.807, 2.05) is 66.7 Å². The first-order valence-electron chi connectivity index (χ1n) is 36.6. The Morgan fingerprint density at radius 3 is 0.784 bits per heavy atom. The highest BCUT2D eigenvalue weighted by Gasteiger charge is 2.43. The Morgan fingerprint density at radius 1 is 0.314 bits per heavy atom. The van der Waals surface area contributed by atoms with E-state index in [0.29, 0.717) is 71.8 Å². The Bertz CT molecular complexity index is 4670. The molecule has 0 N–H and O–H groups in total. The topological polar surface area (TPSA) is 118 Å². The normalized spacial score (nSPS) is 14.4. The standard InChI is InChI=1S/C92H105NO9/c1-52(2)62-26-25-27-63(53(3)4)80(62)93-81(94)64-44-68(98-58-36-28-54(29-37-58)89(17,18)48-85(5,6)7)74-76-70(100-60-40-32-56(33-41-60)91(21,22)50-87(11,12)13)46-66-73-67(84(97)102-83(66)96)47-71(101-61-42-34-57(35-43-61)92(23,24)51-88(14,15)16)77(79(73)76)75-69(45-65(82(93)95)72(64)78(74)75)99-59-38-30-55(31-39-59)90(19,20)49-86(8,9)10/h25-47,52-53H,48-51H2,1-24H3. The van der Waals surface area contributed by atoms with E-state index in [1.165, 1.54) is 4.90 Å². The van der Waals surface area contributed by atoms with E-state index >= 15 is 9.59 Å². The van der Waals surface area contributed by atoms with Gasteiger partial charge in [0.15, 0.2) is 0 Å². The fourth-order valence-corrected chi connectivity index (χ4v) is 17.8. The summed E-state index contributed by atoms with van der Waals surface area (Å²) in [6.45, 7) is 53.3. The van der Waals surface area contributed by atoms with E-state index in [0.717, 1.165) is 59.1 Å². The number of esters is 2. The lowest BCUT2D eigenvalue weighted by Gasteiger charge is -2.34. The first-order chi connectivity index (χ1) is 47.3. The van der Waals surface area contributed by atoms with Crippen molar-refractivity contribution in [3.63, 3.8) is 0 Å². The van der Waals surface area contributed by atoms with Crippen LogP contribution >= 0.6 is 0 Å². The Labute approximate surface area is 605 Å². The quantitative estimate of drug-likeness (QED) is 0.0256. The first-order valence-corrected chi connectivity index (χ1v) is 36.6. The molecule has 0 saturated carbocycles. The van der Waals surface area contributed by atoms with Gasteiger partial charge in [-0.2, -0.15) is 0 Å². The summed E-state index contributed by atoms with van der Waals surface area (Å²) < 4.78 is 35.4. The number of para-hydroxylation sites is 1. The second-order valence-corrected chi connectivity index (χ2v) is 37.4. The Balaban J connectivity index is 1.25. The molecule has 0 bridgehead atoms. The van der Waals surface area contributed by atoms with Gasteiger partial charge in [0.2, 0.25) is 0 Å². The number of benzene rings is 10. The van der Waals surface area contributed by atoms with E-state index in [1.54, 1.807) is 24.3 Å². The van der Waals surface area contributed by atoms with Crippen LogP contribution in [-0.2, 0) is 26.4 Å². The van der Waals surface area contributed by atoms with Gasteiger partial charge < -0.3 is 23.7 Å². The minimum atomic E-state index is -0.858. The van der Waals surface area contributed by atoms with Crippen molar-refractivity contribution in [2.45, 2.75) is 225 Å². The molecule has 12 rings (SSSR count). The van der Waals surface area contributed by atoms with Gasteiger partial charge in [0.25, 0.3) is 11.8 Å². The maximum atomic E-state index is 16.6. The number of amides is 2. The lowest BCUT2D eigenvalue weighted by molar-refractivity contribution is 0.0390. The van der Waals surface area contributed by atoms with Crippen LogP contribution in [0.5, 0.6) is 46.0 Å². The maximum Gasteiger partial charge on any atom is 0.346 e. The fraction of sp³-hybridized carbons (Fsp3) is 0.413. The number of cyclic esters (lactones) is 2. The number of nitrogens with zero attached hydrogens (tertiary/aromatic N) is 1. The van der Waals surface area contributed by atoms with E-state index in [-0.39, 0.29) is 100 Å². The van der Waals surface area contributed by atoms with Crippen molar-refractivity contribution in [1.82, 2.24) is 0 Å². The van der Waals surface area contributed by atoms with Crippen LogP contribution in [0.15, 0.2) is 140 Å². The van der Waals surface area contributed by atoms with Gasteiger partial charge >= 0.3 is 11.9 Å². The van der Waals surface area contributed by atoms with Crippen LogP contribution < -0.4 is 23.8 Å². The molecule has 0 spiro atoms. The molecule has 10 aromatic rings. The van der Waals surface area contributed by atoms with Crippen LogP contribution in [0.4, 0.5) is 5.69 Å². The van der Waals surface area contributed by atoms with E-state index in [9.17, 15) is 9.59 Å². The molecule has 0 radical (unpaired) electrons. The maximum absolute atomic E-state index is 16.6. The summed E-state index contributed by atoms with van der Waals surface area (Å²) >= 11 is 0. The summed E-state index contributed by atoms with van der Waals surface area (Å²) in [5, 5.41) is 3.24. The number of fused-ring (bicyclic) bond motifs is 2. The molecule has 102 heavy (non-hydrogen) atoms. The number of carbonyl (C=O) groups excluding carboxylic acids is 4. The number of ether oxygens (including phenoxy) is 5. The number of carbonyl (C=O) groups is 4. The molecule has 0 fully saturated rings. The molecule has 0 saturated heterocycles. The molecule has 10 nitrogen and oxygen atoms in total. The zero-order chi connectivity index (χ0) is 74.3. The monoisotopic (exact) mass is 1370 g/mol. The van der Waals surface area contributed by atoms with Crippen LogP contribution in [0.3, 0.4) is 0 Å². The third-order valence-electron chi connectivity index (χ3n) is 20.6. The van der Waals surface area contributed by atoms with Crippen molar-refractivity contribution in [1.29, 1.82) is 0 Å². The Kier molecular flexibility index (Phi) is 18.1. The molecule has 2 aliphatic rings. The fourth-order valence-electron chi connectivity index (χ4n) is 17.8. The molecule has 10 aromatic carbocycles. The van der Waals surface area contributed by atoms with E-state index in [2.05, 4.69) is 215 Å². The van der Waals surface area contributed by atoms with Gasteiger partial charge in [-0.25, -0.2) is 14.5 Å². The summed E-state index contributed by atoms with van der Waals surface area (Å²) in [5.41, 5.74) is 6.65. The smallest absolute Gasteiger partial charge is 0.346 e. The Hall–Kier alpha value is -9.02. The predicted octanol–water partition coefficient (Wildman–Crippen LogP) is 26.1. The molecule has 2 heterocycles. The lowest BCUT2D eigenvalue weighted by Crippen LogP contribution is -2.42. The second-order valence-electron chi connectivity index (χ2n) is 37.4. The highest BCUT2D eigenvalue weighted by Crippen LogP contribution is 2.59. The van der Waals surface area contributed by atoms with Crippen LogP contribution in [0.1, 0.15) is 279 Å². The van der Waals surface area contributed by atoms with Gasteiger partial charge in [-0.1, -0.05) is 233 Å². The molecule has 0 aromatic heterocycles. The minimum absolute atomic E-state index is 0.0367. The second kappa shape index (κ2) is 25.4. The Morgan fingerprint density at radius 2 is 0.549 bits per heavy atom. The van der Waals surface area contributed by atoms with Gasteiger partial charge in [-0.3, -0.25) is 9.59 Å². The molecule has 0 atom stereocenters. The number of hydrogen-bond donors (Lipinski definition) is 0. The zero-order valence-corrected chi connectivity index (χ0v) is 64.9. The van der Waals surface area contributed by atoms with Gasteiger partial charge in [-0.15, -0.1) is 0 Å². The summed E-state index contributed by atoms with van der Waals surface area (Å²) in [4.78, 5) is 64.4. The largest absolute Gasteiger partial charge is 0.457 e. The van der Waals surface area contributed by atoms with Gasteiger partial charge in [0.1, 0.15) is 46.0 Å². The molecule has 2 amide bonds. The average Bonchev–Trinajstić information content (AvgIpc) is 0.672. The number of hydrogen-bond acceptors (Lipinski definition) is 9. The summed E-state index contributed by atoms with van der Waals surface area (Å²) in [6, 6.07) is 45.3. The van der Waals surface area contributed by atoms with Crippen LogP contribution in [0.2, 0.25) is 0 Å². The SMILES string of the molecule is CC(C)c1cccc(C(C)C)c1N1C(=O)c2cc(Oc3ccc(C(C)(C)CC(C)(C)C)cc3)c3c4c(Oc5ccc(C(C)(C)CC(C)(C)C)cc5)cc5c6c(cc(Oc7ccc(C(C)(C)CC(C)(C)C)cc7)c(c7c(Oc8ccc(C(C)(C)CC(C)(C)C)cc8)cc(c2c37)C1=O)c64)C(=O)OC5=O. The molecular formula is C92H105NO9. The summed E-state index contributed by atoms with van der Waals surface area (Å²) in [7, 11) is 0. The number of rotatable bonds is 19. The van der Waals surface area contributed by atoms with Crippen molar-refractivity contribution in [3.05, 3.63) is 195 Å². The van der Waals surface area contributed by atoms with Gasteiger partial charge in [0.05, 0.1) is 27.9 Å². The molecule has 2 aliphatic heterocycles. The molecule has 0 unspecified atom stereocenters. The molecular weight excluding hydrogens is 1260 g/mol. The van der Waals surface area contributed by atoms with Crippen molar-refractivity contribution in [2.24, 2.45) is 21.7 Å². The minimum Gasteiger partial charge on any atom is -0.457 e. The highest BCUT2D eigenvalue weighted by atomic mass is 16.6. The first kappa shape index (κ1) is 72.8. The number of imide groups is 1. The van der Waals surface area contributed by atoms with Crippen molar-refractivity contribution >= 4 is 72.5 Å². The average molecular weight is 1370 g/mol. The van der Waals surface area contributed by atoms with Crippen molar-refractivity contribution < 1.29 is 42.9 Å². The van der Waals surface area contributed by atoms with Crippen LogP contribution in [-0.4, -0.2) is 23.8 Å². The van der Waals surface area contributed by atoms with Crippen molar-refractivity contribution in [3.8, 4) is 46.0 Å². The predicted molar refractivity (Wildman–Crippen MR) is 418 cm³/mol.